The Morgan fingerprint density at radius 1 is 1.44 bits per heavy atom. The predicted octanol–water partition coefficient (Wildman–Crippen LogP) is 3.44. The molecule has 16 heavy (non-hydrogen) atoms. The monoisotopic (exact) mass is 239 g/mol. The van der Waals surface area contributed by atoms with Gasteiger partial charge in [0.05, 0.1) is 12.1 Å². The van der Waals surface area contributed by atoms with E-state index < -0.39 is 0 Å². The zero-order valence-corrected chi connectivity index (χ0v) is 10.7. The quantitative estimate of drug-likeness (QED) is 0.874. The zero-order valence-electron chi connectivity index (χ0n) is 9.96. The molecule has 0 aliphatic rings. The van der Waals surface area contributed by atoms with Crippen LogP contribution >= 0.6 is 11.6 Å². The molecule has 1 rings (SSSR count). The van der Waals surface area contributed by atoms with Gasteiger partial charge in [-0.2, -0.15) is 0 Å². The highest BCUT2D eigenvalue weighted by molar-refractivity contribution is 6.32. The van der Waals surface area contributed by atoms with Crippen molar-refractivity contribution in [1.82, 2.24) is 0 Å². The van der Waals surface area contributed by atoms with E-state index in [1.165, 1.54) is 0 Å². The maximum Gasteiger partial charge on any atom is 0.140 e. The third-order valence-corrected chi connectivity index (χ3v) is 2.65. The first-order chi connectivity index (χ1) is 7.60. The number of ether oxygens (including phenoxy) is 1. The fraction of sp³-hybridized carbons (Fsp3) is 0.385. The van der Waals surface area contributed by atoms with Crippen LogP contribution in [0.3, 0.4) is 0 Å². The lowest BCUT2D eigenvalue weighted by atomic mass is 9.99. The van der Waals surface area contributed by atoms with Crippen molar-refractivity contribution in [3.63, 3.8) is 0 Å². The molecule has 2 N–H and O–H groups in total. The molecular formula is C13H18ClNO. The van der Waals surface area contributed by atoms with Crippen LogP contribution in [0.4, 0.5) is 0 Å². The van der Waals surface area contributed by atoms with E-state index in [0.29, 0.717) is 17.5 Å². The molecule has 1 aromatic carbocycles. The zero-order chi connectivity index (χ0) is 12.1. The molecule has 0 unspecified atom stereocenters. The van der Waals surface area contributed by atoms with E-state index in [4.69, 9.17) is 22.1 Å². The average Bonchev–Trinajstić information content (AvgIpc) is 2.25. The summed E-state index contributed by atoms with van der Waals surface area (Å²) in [4.78, 5) is 0. The Hall–Kier alpha value is -0.990. The fourth-order valence-corrected chi connectivity index (χ4v) is 1.89. The van der Waals surface area contributed by atoms with Crippen molar-refractivity contribution in [2.24, 2.45) is 5.73 Å². The van der Waals surface area contributed by atoms with Gasteiger partial charge in [-0.25, -0.2) is 0 Å². The Bertz CT molecular complexity index is 386. The number of halogens is 1. The molecule has 0 aromatic heterocycles. The van der Waals surface area contributed by atoms with E-state index in [0.717, 1.165) is 16.9 Å². The van der Waals surface area contributed by atoms with Gasteiger partial charge in [0.15, 0.2) is 0 Å². The van der Waals surface area contributed by atoms with Crippen LogP contribution in [0.1, 0.15) is 30.9 Å². The largest absolute Gasteiger partial charge is 0.495 e. The van der Waals surface area contributed by atoms with Crippen molar-refractivity contribution >= 4 is 17.7 Å². The molecule has 1 aromatic rings. The predicted molar refractivity (Wildman–Crippen MR) is 70.2 cm³/mol. The molecule has 0 aliphatic carbocycles. The van der Waals surface area contributed by atoms with Crippen LogP contribution in [0.2, 0.25) is 5.02 Å². The van der Waals surface area contributed by atoms with E-state index in [1.807, 2.05) is 18.2 Å². The van der Waals surface area contributed by atoms with Gasteiger partial charge in [-0.3, -0.25) is 0 Å². The normalized spacial score (nSPS) is 11.4. The lowest BCUT2D eigenvalue weighted by molar-refractivity contribution is 0.408. The van der Waals surface area contributed by atoms with Gasteiger partial charge in [-0.05, 0) is 29.2 Å². The van der Waals surface area contributed by atoms with Crippen LogP contribution in [-0.4, -0.2) is 13.7 Å². The second-order valence-corrected chi connectivity index (χ2v) is 4.33. The number of hydrogen-bond donors (Lipinski definition) is 1. The van der Waals surface area contributed by atoms with Crippen LogP contribution in [0, 0.1) is 0 Å². The maximum absolute atomic E-state index is 6.17. The molecule has 0 spiro atoms. The molecule has 3 heteroatoms. The van der Waals surface area contributed by atoms with Gasteiger partial charge in [-0.15, -0.1) is 0 Å². The van der Waals surface area contributed by atoms with Gasteiger partial charge in [-0.1, -0.05) is 37.6 Å². The lowest BCUT2D eigenvalue weighted by Crippen LogP contribution is -1.96. The van der Waals surface area contributed by atoms with Gasteiger partial charge in [0.2, 0.25) is 0 Å². The Kier molecular flexibility index (Phi) is 4.84. The van der Waals surface area contributed by atoms with Crippen molar-refractivity contribution < 1.29 is 4.74 Å². The average molecular weight is 240 g/mol. The molecule has 0 radical (unpaired) electrons. The molecule has 0 fully saturated rings. The van der Waals surface area contributed by atoms with E-state index in [9.17, 15) is 0 Å². The molecule has 0 amide bonds. The third kappa shape index (κ3) is 3.00. The van der Waals surface area contributed by atoms with E-state index in [-0.39, 0.29) is 0 Å². The molecule has 0 saturated carbocycles. The van der Waals surface area contributed by atoms with Crippen LogP contribution < -0.4 is 10.5 Å². The third-order valence-electron chi connectivity index (χ3n) is 2.37. The van der Waals surface area contributed by atoms with Crippen molar-refractivity contribution in [1.29, 1.82) is 0 Å². The van der Waals surface area contributed by atoms with Gasteiger partial charge in [0, 0.05) is 6.54 Å². The molecule has 2 nitrogen and oxygen atoms in total. The van der Waals surface area contributed by atoms with Crippen LogP contribution in [0.5, 0.6) is 5.75 Å². The minimum atomic E-state index is 0.374. The Morgan fingerprint density at radius 2 is 2.12 bits per heavy atom. The van der Waals surface area contributed by atoms with Gasteiger partial charge < -0.3 is 10.5 Å². The van der Waals surface area contributed by atoms with E-state index >= 15 is 0 Å². The number of rotatable bonds is 4. The number of nitrogens with two attached hydrogens (primary N) is 1. The summed E-state index contributed by atoms with van der Waals surface area (Å²) in [5.41, 5.74) is 7.60. The first-order valence-corrected chi connectivity index (χ1v) is 5.72. The topological polar surface area (TPSA) is 35.2 Å². The van der Waals surface area contributed by atoms with E-state index in [1.54, 1.807) is 7.11 Å². The second-order valence-electron chi connectivity index (χ2n) is 3.92. The molecule has 88 valence electrons. The minimum absolute atomic E-state index is 0.374. The summed E-state index contributed by atoms with van der Waals surface area (Å²) in [5.74, 6) is 1.14. The summed E-state index contributed by atoms with van der Waals surface area (Å²) in [6.07, 6.45) is 3.87. The van der Waals surface area contributed by atoms with Gasteiger partial charge in [0.25, 0.3) is 0 Å². The lowest BCUT2D eigenvalue weighted by Gasteiger charge is -2.14. The highest BCUT2D eigenvalue weighted by atomic mass is 35.5. The van der Waals surface area contributed by atoms with E-state index in [2.05, 4.69) is 19.9 Å². The van der Waals surface area contributed by atoms with Gasteiger partial charge >= 0.3 is 0 Å². The second kappa shape index (κ2) is 5.92. The van der Waals surface area contributed by atoms with Crippen molar-refractivity contribution in [2.75, 3.05) is 13.7 Å². The summed E-state index contributed by atoms with van der Waals surface area (Å²) < 4.78 is 5.32. The summed E-state index contributed by atoms with van der Waals surface area (Å²) in [5, 5.41) is 0.644. The maximum atomic E-state index is 6.17. The molecule has 0 aliphatic heterocycles. The molecule has 0 heterocycles. The minimum Gasteiger partial charge on any atom is -0.495 e. The highest BCUT2D eigenvalue weighted by Crippen LogP contribution is 2.35. The number of benzene rings is 1. The highest BCUT2D eigenvalue weighted by Gasteiger charge is 2.12. The first kappa shape index (κ1) is 13.1. The Morgan fingerprint density at radius 3 is 2.62 bits per heavy atom. The smallest absolute Gasteiger partial charge is 0.140 e. The summed E-state index contributed by atoms with van der Waals surface area (Å²) >= 11 is 6.17. The fourth-order valence-electron chi connectivity index (χ4n) is 1.58. The molecule has 0 atom stereocenters. The summed E-state index contributed by atoms with van der Waals surface area (Å²) in [6, 6.07) is 3.97. The Balaban J connectivity index is 3.22. The van der Waals surface area contributed by atoms with Crippen molar-refractivity contribution in [2.45, 2.75) is 19.8 Å². The van der Waals surface area contributed by atoms with Crippen molar-refractivity contribution in [3.8, 4) is 5.75 Å². The van der Waals surface area contributed by atoms with Crippen molar-refractivity contribution in [3.05, 3.63) is 34.4 Å². The summed E-state index contributed by atoms with van der Waals surface area (Å²) in [6.45, 7) is 4.76. The summed E-state index contributed by atoms with van der Waals surface area (Å²) in [7, 11) is 1.64. The standard InChI is InChI=1S/C13H18ClNO/c1-9(2)11-7-10(5-4-6-15)8-12(14)13(11)16-3/h4-5,7-9H,6,15H2,1-3H3/b5-4+. The SMILES string of the molecule is COc1c(Cl)cc(/C=C/CN)cc1C(C)C. The first-order valence-electron chi connectivity index (χ1n) is 5.34. The molecular weight excluding hydrogens is 222 g/mol. The molecule has 0 saturated heterocycles. The van der Waals surface area contributed by atoms with Crippen LogP contribution in [-0.2, 0) is 0 Å². The Labute approximate surface area is 102 Å². The number of hydrogen-bond acceptors (Lipinski definition) is 2. The number of methoxy groups -OCH3 is 1. The van der Waals surface area contributed by atoms with Crippen LogP contribution in [0.25, 0.3) is 6.08 Å². The van der Waals surface area contributed by atoms with Crippen LogP contribution in [0.15, 0.2) is 18.2 Å². The van der Waals surface area contributed by atoms with Gasteiger partial charge in [0.1, 0.15) is 5.75 Å². The molecule has 0 bridgehead atoms.